The molecule has 0 saturated heterocycles. The quantitative estimate of drug-likeness (QED) is 0.674. The van der Waals surface area contributed by atoms with E-state index in [1.54, 1.807) is 0 Å². The first-order chi connectivity index (χ1) is 13.1. The van der Waals surface area contributed by atoms with E-state index < -0.39 is 6.04 Å². The van der Waals surface area contributed by atoms with Crippen molar-refractivity contribution in [1.29, 1.82) is 0 Å². The van der Waals surface area contributed by atoms with Gasteiger partial charge in [-0.2, -0.15) is 0 Å². The maximum Gasteiger partial charge on any atom is 0.324 e. The molecule has 2 heterocycles. The highest BCUT2D eigenvalue weighted by molar-refractivity contribution is 5.89. The molecule has 0 fully saturated rings. The van der Waals surface area contributed by atoms with Crippen molar-refractivity contribution in [2.75, 3.05) is 6.61 Å². The number of nitrogens with one attached hydrogen (secondary N) is 2. The maximum atomic E-state index is 13.0. The average Bonchev–Trinajstić information content (AvgIpc) is 3.09. The Morgan fingerprint density at radius 3 is 2.48 bits per heavy atom. The number of fused-ring (bicyclic) bond motifs is 3. The number of aromatic amines is 1. The van der Waals surface area contributed by atoms with Crippen LogP contribution in [0.1, 0.15) is 49.9 Å². The molecule has 1 aliphatic heterocycles. The molecule has 0 unspecified atom stereocenters. The molecule has 140 valence electrons. The van der Waals surface area contributed by atoms with Crippen molar-refractivity contribution in [1.82, 2.24) is 10.3 Å². The summed E-state index contributed by atoms with van der Waals surface area (Å²) in [4.78, 5) is 16.6. The molecule has 4 heteroatoms. The second-order valence-electron chi connectivity index (χ2n) is 7.41. The molecule has 27 heavy (non-hydrogen) atoms. The topological polar surface area (TPSA) is 54.1 Å². The predicted octanol–water partition coefficient (Wildman–Crippen LogP) is 4.46. The number of H-pyrrole nitrogens is 1. The number of rotatable bonds is 4. The summed E-state index contributed by atoms with van der Waals surface area (Å²) in [5.41, 5.74) is 4.28. The van der Waals surface area contributed by atoms with E-state index in [1.807, 2.05) is 31.2 Å². The van der Waals surface area contributed by atoms with Crippen LogP contribution in [0.4, 0.5) is 0 Å². The van der Waals surface area contributed by atoms with Gasteiger partial charge in [0.2, 0.25) is 0 Å². The molecule has 0 radical (unpaired) electrons. The van der Waals surface area contributed by atoms with Gasteiger partial charge in [0.25, 0.3) is 0 Å². The highest BCUT2D eigenvalue weighted by Crippen LogP contribution is 2.45. The summed E-state index contributed by atoms with van der Waals surface area (Å²) < 4.78 is 5.46. The molecular formula is C23H26N2O2. The third kappa shape index (κ3) is 2.85. The fourth-order valence-corrected chi connectivity index (χ4v) is 4.31. The van der Waals surface area contributed by atoms with E-state index in [0.717, 1.165) is 17.5 Å². The highest BCUT2D eigenvalue weighted by atomic mass is 16.5. The minimum Gasteiger partial charge on any atom is -0.465 e. The van der Waals surface area contributed by atoms with Crippen molar-refractivity contribution in [2.45, 2.75) is 44.7 Å². The molecule has 4 nitrogen and oxygen atoms in total. The fraction of sp³-hybridized carbons (Fsp3) is 0.348. The molecule has 2 N–H and O–H groups in total. The van der Waals surface area contributed by atoms with E-state index in [0.29, 0.717) is 6.61 Å². The number of hydrogen-bond donors (Lipinski definition) is 2. The number of carbonyl (C=O) groups excluding carboxylic acids is 1. The smallest absolute Gasteiger partial charge is 0.324 e. The van der Waals surface area contributed by atoms with Gasteiger partial charge in [-0.05, 0) is 37.5 Å². The van der Waals surface area contributed by atoms with E-state index in [-0.39, 0.29) is 17.4 Å². The zero-order chi connectivity index (χ0) is 19.0. The van der Waals surface area contributed by atoms with Crippen LogP contribution >= 0.6 is 0 Å². The van der Waals surface area contributed by atoms with E-state index in [2.05, 4.69) is 54.5 Å². The third-order valence-corrected chi connectivity index (χ3v) is 5.82. The Labute approximate surface area is 159 Å². The molecular weight excluding hydrogens is 336 g/mol. The van der Waals surface area contributed by atoms with Gasteiger partial charge in [0.15, 0.2) is 0 Å². The summed E-state index contributed by atoms with van der Waals surface area (Å²) in [6.07, 6.45) is 0.865. The van der Waals surface area contributed by atoms with Gasteiger partial charge in [-0.3, -0.25) is 10.1 Å². The Balaban J connectivity index is 2.00. The first kappa shape index (κ1) is 17.8. The Morgan fingerprint density at radius 1 is 1.07 bits per heavy atom. The van der Waals surface area contributed by atoms with Crippen molar-refractivity contribution in [3.05, 3.63) is 71.4 Å². The largest absolute Gasteiger partial charge is 0.465 e. The van der Waals surface area contributed by atoms with Crippen LogP contribution in [0.15, 0.2) is 54.6 Å². The summed E-state index contributed by atoms with van der Waals surface area (Å²) >= 11 is 0. The van der Waals surface area contributed by atoms with Crippen LogP contribution in [-0.4, -0.2) is 23.6 Å². The first-order valence-corrected chi connectivity index (χ1v) is 9.69. The monoisotopic (exact) mass is 362 g/mol. The second kappa shape index (κ2) is 6.86. The summed E-state index contributed by atoms with van der Waals surface area (Å²) in [5, 5.41) is 4.80. The molecule has 1 aliphatic rings. The number of hydrogen-bond acceptors (Lipinski definition) is 3. The number of para-hydroxylation sites is 1. The highest BCUT2D eigenvalue weighted by Gasteiger charge is 2.46. The van der Waals surface area contributed by atoms with E-state index in [4.69, 9.17) is 4.74 Å². The van der Waals surface area contributed by atoms with Gasteiger partial charge in [0, 0.05) is 22.5 Å². The number of aromatic nitrogens is 1. The SMILES string of the molecule is CCOC(=O)[C@H]1N[C@@](C)(CC)c2[nH]c3ccccc3c2[C@@H]1c1ccccc1. The Bertz CT molecular complexity index is 963. The lowest BCUT2D eigenvalue weighted by molar-refractivity contribution is -0.147. The average molecular weight is 362 g/mol. The molecule has 1 aromatic heterocycles. The molecule has 3 atom stereocenters. The minimum absolute atomic E-state index is 0.101. The van der Waals surface area contributed by atoms with Gasteiger partial charge in [-0.15, -0.1) is 0 Å². The van der Waals surface area contributed by atoms with E-state index in [9.17, 15) is 4.79 Å². The van der Waals surface area contributed by atoms with Crippen LogP contribution in [-0.2, 0) is 15.1 Å². The van der Waals surface area contributed by atoms with Gasteiger partial charge in [-0.1, -0.05) is 55.5 Å². The standard InChI is InChI=1S/C23H26N2O2/c1-4-23(3)21-19(16-13-9-10-14-17(16)24-21)18(15-11-7-6-8-12-15)20(25-23)22(26)27-5-2/h6-14,18,20,24-25H,4-5H2,1-3H3/t18-,20-,23-/m0/s1. The lowest BCUT2D eigenvalue weighted by Crippen LogP contribution is -2.56. The number of benzene rings is 2. The maximum absolute atomic E-state index is 13.0. The van der Waals surface area contributed by atoms with Crippen LogP contribution in [0.25, 0.3) is 10.9 Å². The summed E-state index contributed by atoms with van der Waals surface area (Å²) in [6, 6.07) is 18.2. The fourth-order valence-electron chi connectivity index (χ4n) is 4.31. The Morgan fingerprint density at radius 2 is 1.78 bits per heavy atom. The van der Waals surface area contributed by atoms with Gasteiger partial charge >= 0.3 is 5.97 Å². The van der Waals surface area contributed by atoms with Gasteiger partial charge in [-0.25, -0.2) is 0 Å². The summed E-state index contributed by atoms with van der Waals surface area (Å²) in [6.45, 7) is 6.54. The lowest BCUT2D eigenvalue weighted by atomic mass is 9.74. The summed E-state index contributed by atoms with van der Waals surface area (Å²) in [7, 11) is 0. The van der Waals surface area contributed by atoms with Crippen LogP contribution in [0.2, 0.25) is 0 Å². The van der Waals surface area contributed by atoms with E-state index >= 15 is 0 Å². The Hall–Kier alpha value is -2.59. The van der Waals surface area contributed by atoms with Crippen molar-refractivity contribution in [2.24, 2.45) is 0 Å². The minimum atomic E-state index is -0.427. The number of esters is 1. The van der Waals surface area contributed by atoms with Crippen LogP contribution < -0.4 is 5.32 Å². The zero-order valence-corrected chi connectivity index (χ0v) is 16.1. The number of ether oxygens (including phenoxy) is 1. The summed E-state index contributed by atoms with van der Waals surface area (Å²) in [5.74, 6) is -0.294. The van der Waals surface area contributed by atoms with Crippen LogP contribution in [0.5, 0.6) is 0 Å². The zero-order valence-electron chi connectivity index (χ0n) is 16.1. The predicted molar refractivity (Wildman–Crippen MR) is 108 cm³/mol. The van der Waals surface area contributed by atoms with Gasteiger partial charge in [0.1, 0.15) is 6.04 Å². The van der Waals surface area contributed by atoms with Crippen molar-refractivity contribution in [3.63, 3.8) is 0 Å². The molecule has 3 aromatic rings. The molecule has 0 bridgehead atoms. The second-order valence-corrected chi connectivity index (χ2v) is 7.41. The molecule has 4 rings (SSSR count). The van der Waals surface area contributed by atoms with Gasteiger partial charge in [0.05, 0.1) is 12.1 Å². The number of carbonyl (C=O) groups is 1. The van der Waals surface area contributed by atoms with Crippen molar-refractivity contribution < 1.29 is 9.53 Å². The van der Waals surface area contributed by atoms with Crippen LogP contribution in [0, 0.1) is 0 Å². The van der Waals surface area contributed by atoms with Crippen LogP contribution in [0.3, 0.4) is 0 Å². The normalized spacial score (nSPS) is 24.6. The lowest BCUT2D eigenvalue weighted by Gasteiger charge is -2.43. The molecule has 0 spiro atoms. The Kier molecular flexibility index (Phi) is 4.52. The van der Waals surface area contributed by atoms with Gasteiger partial charge < -0.3 is 9.72 Å². The molecule has 2 aromatic carbocycles. The van der Waals surface area contributed by atoms with E-state index in [1.165, 1.54) is 16.6 Å². The molecule has 0 saturated carbocycles. The third-order valence-electron chi connectivity index (χ3n) is 5.82. The molecule has 0 aliphatic carbocycles. The first-order valence-electron chi connectivity index (χ1n) is 9.69. The van der Waals surface area contributed by atoms with Crippen molar-refractivity contribution >= 4 is 16.9 Å². The van der Waals surface area contributed by atoms with Crippen molar-refractivity contribution in [3.8, 4) is 0 Å². The molecule has 0 amide bonds.